The van der Waals surface area contributed by atoms with E-state index >= 15 is 0 Å². The Bertz CT molecular complexity index is 1180. The molecule has 0 aromatic heterocycles. The van der Waals surface area contributed by atoms with Crippen LogP contribution in [-0.2, 0) is 17.9 Å². The largest absolute Gasteiger partial charge is 0.496 e. The number of nitrogens with zero attached hydrogens (tertiary/aromatic N) is 1. The number of aryl methyl sites for hydroxylation is 2. The molecular weight excluding hydrogens is 420 g/mol. The van der Waals surface area contributed by atoms with E-state index in [9.17, 15) is 9.59 Å². The minimum absolute atomic E-state index is 0.0509. The molecule has 0 bridgehead atoms. The second-order valence-corrected chi connectivity index (χ2v) is 8.89. The molecule has 4 rings (SSSR count). The molecule has 0 saturated heterocycles. The first-order chi connectivity index (χ1) is 15.5. The zero-order chi connectivity index (χ0) is 22.7. The van der Waals surface area contributed by atoms with E-state index in [2.05, 4.69) is 37.4 Å². The summed E-state index contributed by atoms with van der Waals surface area (Å²) in [5, 5.41) is 2.96. The first-order valence-corrected chi connectivity index (χ1v) is 11.5. The van der Waals surface area contributed by atoms with Crippen molar-refractivity contribution in [2.45, 2.75) is 31.8 Å². The Kier molecular flexibility index (Phi) is 6.51. The molecule has 32 heavy (non-hydrogen) atoms. The zero-order valence-electron chi connectivity index (χ0n) is 18.5. The molecule has 0 aliphatic carbocycles. The molecule has 164 valence electrons. The molecule has 0 atom stereocenters. The fraction of sp³-hybridized carbons (Fsp3) is 0.231. The lowest BCUT2D eigenvalue weighted by atomic mass is 10.0. The van der Waals surface area contributed by atoms with Gasteiger partial charge in [0.1, 0.15) is 5.75 Å². The Hall–Kier alpha value is -3.25. The van der Waals surface area contributed by atoms with Gasteiger partial charge in [0.05, 0.1) is 25.1 Å². The lowest BCUT2D eigenvalue weighted by Gasteiger charge is -2.30. The highest BCUT2D eigenvalue weighted by molar-refractivity contribution is 8.00. The molecule has 1 N–H and O–H groups in total. The van der Waals surface area contributed by atoms with E-state index in [1.54, 1.807) is 12.0 Å². The van der Waals surface area contributed by atoms with E-state index in [-0.39, 0.29) is 11.8 Å². The van der Waals surface area contributed by atoms with Crippen LogP contribution in [0.1, 0.15) is 32.6 Å². The van der Waals surface area contributed by atoms with E-state index in [1.807, 2.05) is 42.5 Å². The summed E-state index contributed by atoms with van der Waals surface area (Å²) >= 11 is 1.51. The third-order valence-electron chi connectivity index (χ3n) is 5.63. The van der Waals surface area contributed by atoms with Crippen LogP contribution in [0, 0.1) is 13.8 Å². The van der Waals surface area contributed by atoms with Gasteiger partial charge in [-0.05, 0) is 49.2 Å². The molecule has 1 aliphatic heterocycles. The molecule has 2 amide bonds. The van der Waals surface area contributed by atoms with Crippen molar-refractivity contribution >= 4 is 29.3 Å². The van der Waals surface area contributed by atoms with Gasteiger partial charge in [0.2, 0.25) is 5.91 Å². The molecular formula is C26H26N2O3S. The van der Waals surface area contributed by atoms with E-state index in [4.69, 9.17) is 4.74 Å². The summed E-state index contributed by atoms with van der Waals surface area (Å²) in [6.07, 6.45) is 0. The molecule has 3 aromatic rings. The minimum Gasteiger partial charge on any atom is -0.496 e. The zero-order valence-corrected chi connectivity index (χ0v) is 19.3. The van der Waals surface area contributed by atoms with E-state index in [1.165, 1.54) is 11.8 Å². The molecule has 0 spiro atoms. The standard InChI is InChI=1S/C26H26N2O3S/c1-17-8-9-18(2)21(12-17)15-28-22-13-19(10-11-24(22)32-16-25(28)29)26(30)27-14-20-6-4-5-7-23(20)31-3/h4-13H,14-16H2,1-3H3,(H,27,30). The highest BCUT2D eigenvalue weighted by Crippen LogP contribution is 2.37. The van der Waals surface area contributed by atoms with Gasteiger partial charge >= 0.3 is 0 Å². The normalized spacial score (nSPS) is 13.0. The van der Waals surface area contributed by atoms with Gasteiger partial charge in [0, 0.05) is 22.6 Å². The summed E-state index contributed by atoms with van der Waals surface area (Å²) in [4.78, 5) is 28.5. The van der Waals surface area contributed by atoms with Crippen molar-refractivity contribution in [2.75, 3.05) is 17.8 Å². The number of para-hydroxylation sites is 1. The maximum absolute atomic E-state index is 12.9. The number of hydrogen-bond acceptors (Lipinski definition) is 4. The van der Waals surface area contributed by atoms with Crippen LogP contribution in [0.3, 0.4) is 0 Å². The van der Waals surface area contributed by atoms with Crippen LogP contribution in [0.25, 0.3) is 0 Å². The number of ether oxygens (including phenoxy) is 1. The molecule has 3 aromatic carbocycles. The number of fused-ring (bicyclic) bond motifs is 1. The van der Waals surface area contributed by atoms with E-state index in [0.717, 1.165) is 38.6 Å². The number of amides is 2. The number of rotatable bonds is 6. The number of thioether (sulfide) groups is 1. The van der Waals surface area contributed by atoms with Crippen LogP contribution in [-0.4, -0.2) is 24.7 Å². The van der Waals surface area contributed by atoms with Crippen molar-refractivity contribution in [3.63, 3.8) is 0 Å². The monoisotopic (exact) mass is 446 g/mol. The Labute approximate surface area is 192 Å². The molecule has 1 aliphatic rings. The van der Waals surface area contributed by atoms with Crippen molar-refractivity contribution in [1.29, 1.82) is 0 Å². The number of carbonyl (C=O) groups is 2. The number of benzene rings is 3. The maximum Gasteiger partial charge on any atom is 0.251 e. The fourth-order valence-corrected chi connectivity index (χ4v) is 4.70. The van der Waals surface area contributed by atoms with Crippen molar-refractivity contribution in [2.24, 2.45) is 0 Å². The maximum atomic E-state index is 12.9. The van der Waals surface area contributed by atoms with E-state index in [0.29, 0.717) is 24.4 Å². The second-order valence-electron chi connectivity index (χ2n) is 7.88. The fourth-order valence-electron chi connectivity index (χ4n) is 3.78. The Morgan fingerprint density at radius 2 is 1.88 bits per heavy atom. The summed E-state index contributed by atoms with van der Waals surface area (Å²) in [6.45, 7) is 4.96. The van der Waals surface area contributed by atoms with E-state index < -0.39 is 0 Å². The molecule has 0 unspecified atom stereocenters. The highest BCUT2D eigenvalue weighted by Gasteiger charge is 2.26. The van der Waals surface area contributed by atoms with Crippen LogP contribution in [0.2, 0.25) is 0 Å². The lowest BCUT2D eigenvalue weighted by Crippen LogP contribution is -2.35. The second kappa shape index (κ2) is 9.49. The Morgan fingerprint density at radius 1 is 1.06 bits per heavy atom. The van der Waals surface area contributed by atoms with Crippen LogP contribution in [0.4, 0.5) is 5.69 Å². The number of methoxy groups -OCH3 is 1. The van der Waals surface area contributed by atoms with Gasteiger partial charge in [-0.1, -0.05) is 42.0 Å². The van der Waals surface area contributed by atoms with Crippen LogP contribution >= 0.6 is 11.8 Å². The van der Waals surface area contributed by atoms with Gasteiger partial charge in [-0.25, -0.2) is 0 Å². The molecule has 0 fully saturated rings. The van der Waals surface area contributed by atoms with Crippen LogP contribution < -0.4 is 15.0 Å². The van der Waals surface area contributed by atoms with Crippen LogP contribution in [0.15, 0.2) is 65.6 Å². The molecule has 0 saturated carbocycles. The van der Waals surface area contributed by atoms with Crippen LogP contribution in [0.5, 0.6) is 5.75 Å². The predicted molar refractivity (Wildman–Crippen MR) is 128 cm³/mol. The van der Waals surface area contributed by atoms with Gasteiger partial charge in [-0.15, -0.1) is 11.8 Å². The summed E-state index contributed by atoms with van der Waals surface area (Å²) in [5.41, 5.74) is 5.64. The summed E-state index contributed by atoms with van der Waals surface area (Å²) < 4.78 is 5.36. The van der Waals surface area contributed by atoms with Crippen molar-refractivity contribution < 1.29 is 14.3 Å². The molecule has 6 heteroatoms. The number of anilines is 1. The third-order valence-corrected chi connectivity index (χ3v) is 6.68. The molecule has 1 heterocycles. The first kappa shape index (κ1) is 22.0. The van der Waals surface area contributed by atoms with Crippen molar-refractivity contribution in [3.8, 4) is 5.75 Å². The predicted octanol–water partition coefficient (Wildman–Crippen LogP) is 4.88. The molecule has 5 nitrogen and oxygen atoms in total. The third kappa shape index (κ3) is 4.65. The number of nitrogens with one attached hydrogen (secondary N) is 1. The minimum atomic E-state index is -0.187. The van der Waals surface area contributed by atoms with Gasteiger partial charge in [-0.3, -0.25) is 9.59 Å². The van der Waals surface area contributed by atoms with Gasteiger partial charge in [-0.2, -0.15) is 0 Å². The average Bonchev–Trinajstić information content (AvgIpc) is 2.81. The smallest absolute Gasteiger partial charge is 0.251 e. The lowest BCUT2D eigenvalue weighted by molar-refractivity contribution is -0.116. The average molecular weight is 447 g/mol. The SMILES string of the molecule is COc1ccccc1CNC(=O)c1ccc2c(c1)N(Cc1cc(C)ccc1C)C(=O)CS2. The van der Waals surface area contributed by atoms with Gasteiger partial charge in [0.15, 0.2) is 0 Å². The van der Waals surface area contributed by atoms with Crippen molar-refractivity contribution in [3.05, 3.63) is 88.5 Å². The summed E-state index contributed by atoms with van der Waals surface area (Å²) in [5.74, 6) is 1.00. The Balaban J connectivity index is 1.57. The quantitative estimate of drug-likeness (QED) is 0.586. The Morgan fingerprint density at radius 3 is 2.69 bits per heavy atom. The first-order valence-electron chi connectivity index (χ1n) is 10.5. The topological polar surface area (TPSA) is 58.6 Å². The number of hydrogen-bond donors (Lipinski definition) is 1. The van der Waals surface area contributed by atoms with Gasteiger partial charge in [0.25, 0.3) is 5.91 Å². The highest BCUT2D eigenvalue weighted by atomic mass is 32.2. The number of carbonyl (C=O) groups excluding carboxylic acids is 2. The molecule has 0 radical (unpaired) electrons. The van der Waals surface area contributed by atoms with Gasteiger partial charge < -0.3 is 15.0 Å². The summed E-state index contributed by atoms with van der Waals surface area (Å²) in [7, 11) is 1.61. The summed E-state index contributed by atoms with van der Waals surface area (Å²) in [6, 6.07) is 19.4. The van der Waals surface area contributed by atoms with Crippen molar-refractivity contribution in [1.82, 2.24) is 5.32 Å².